The number of hydrogen-bond donors (Lipinski definition) is 0. The summed E-state index contributed by atoms with van der Waals surface area (Å²) < 4.78 is 37.0. The summed E-state index contributed by atoms with van der Waals surface area (Å²) in [6.45, 7) is 1.97. The first-order valence-corrected chi connectivity index (χ1v) is 9.83. The van der Waals surface area contributed by atoms with Gasteiger partial charge in [-0.3, -0.25) is 9.36 Å². The summed E-state index contributed by atoms with van der Waals surface area (Å²) in [6, 6.07) is 5.68. The predicted octanol–water partition coefficient (Wildman–Crippen LogP) is 0.911. The molecule has 0 atom stereocenters. The van der Waals surface area contributed by atoms with Gasteiger partial charge in [0, 0.05) is 37.8 Å². The van der Waals surface area contributed by atoms with Crippen LogP contribution in [0.4, 0.5) is 0 Å². The molecule has 1 aromatic carbocycles. The Morgan fingerprint density at radius 3 is 2.50 bits per heavy atom. The normalized spacial score (nSPS) is 11.7. The Balaban J connectivity index is 2.09. The lowest BCUT2D eigenvalue weighted by atomic mass is 10.1. The van der Waals surface area contributed by atoms with E-state index in [2.05, 4.69) is 0 Å². The fraction of sp³-hybridized carbons (Fsp3) is 0.278. The molecule has 0 unspecified atom stereocenters. The minimum absolute atomic E-state index is 0.125. The van der Waals surface area contributed by atoms with Gasteiger partial charge in [-0.1, -0.05) is 13.3 Å². The number of benzene rings is 1. The zero-order valence-corrected chi connectivity index (χ0v) is 16.3. The molecule has 3 aromatic rings. The van der Waals surface area contributed by atoms with Crippen LogP contribution in [0.3, 0.4) is 0 Å². The van der Waals surface area contributed by atoms with E-state index in [4.69, 9.17) is 8.60 Å². The van der Waals surface area contributed by atoms with Crippen molar-refractivity contribution in [2.75, 3.05) is 0 Å². The third kappa shape index (κ3) is 3.50. The van der Waals surface area contributed by atoms with Gasteiger partial charge < -0.3 is 13.2 Å². The first kappa shape index (κ1) is 19.6. The molecule has 148 valence electrons. The van der Waals surface area contributed by atoms with Crippen molar-refractivity contribution in [1.29, 1.82) is 0 Å². The number of nitrogens with zero attached hydrogens (tertiary/aromatic N) is 2. The van der Waals surface area contributed by atoms with Crippen molar-refractivity contribution in [2.24, 2.45) is 14.1 Å². The van der Waals surface area contributed by atoms with Crippen LogP contribution in [0.1, 0.15) is 18.9 Å². The molecule has 0 spiro atoms. The lowest BCUT2D eigenvalue weighted by Gasteiger charge is -2.10. The second kappa shape index (κ2) is 7.12. The summed E-state index contributed by atoms with van der Waals surface area (Å²) in [7, 11) is -2.03. The molecule has 0 aliphatic carbocycles. The number of aryl methyl sites for hydroxylation is 2. The van der Waals surface area contributed by atoms with Gasteiger partial charge in [-0.25, -0.2) is 9.59 Å². The van der Waals surface area contributed by atoms with Crippen molar-refractivity contribution in [3.05, 3.63) is 67.3 Å². The van der Waals surface area contributed by atoms with Crippen LogP contribution in [0.15, 0.2) is 54.2 Å². The van der Waals surface area contributed by atoms with E-state index in [1.165, 1.54) is 32.3 Å². The Labute approximate surface area is 159 Å². The Hall–Kier alpha value is -3.14. The topological polar surface area (TPSA) is 118 Å². The van der Waals surface area contributed by atoms with Crippen molar-refractivity contribution in [2.45, 2.75) is 24.7 Å². The van der Waals surface area contributed by atoms with Gasteiger partial charge in [0.25, 0.3) is 5.56 Å². The average molecular weight is 406 g/mol. The molecule has 2 aromatic heterocycles. The smallest absolute Gasteiger partial charge is 0.346 e. The van der Waals surface area contributed by atoms with E-state index in [1.54, 1.807) is 6.07 Å². The molecule has 0 radical (unpaired) electrons. The second-order valence-corrected chi connectivity index (χ2v) is 7.80. The molecule has 2 heterocycles. The van der Waals surface area contributed by atoms with E-state index >= 15 is 0 Å². The lowest BCUT2D eigenvalue weighted by molar-refractivity contribution is 0.479. The predicted molar refractivity (Wildman–Crippen MR) is 101 cm³/mol. The van der Waals surface area contributed by atoms with Crippen molar-refractivity contribution in [3.63, 3.8) is 0 Å². The number of hydrogen-bond acceptors (Lipinski definition) is 7. The molecule has 10 heteroatoms. The molecule has 0 N–H and O–H groups in total. The zero-order chi connectivity index (χ0) is 20.6. The SMILES string of the molecule is CCCc1cc(=O)oc2cc(OS(=O)(=O)c3cn(C)c(=O)n(C)c3=O)ccc12. The standard InChI is InChI=1S/C18H18N2O7S/c1-4-5-11-8-16(21)26-14-9-12(6-7-13(11)14)27-28(24,25)15-10-19(2)18(23)20(3)17(15)22/h6-10H,4-5H2,1-3H3. The van der Waals surface area contributed by atoms with Crippen molar-refractivity contribution in [3.8, 4) is 5.75 Å². The Morgan fingerprint density at radius 1 is 1.11 bits per heavy atom. The highest BCUT2D eigenvalue weighted by molar-refractivity contribution is 7.87. The summed E-state index contributed by atoms with van der Waals surface area (Å²) in [5.41, 5.74) is -1.25. The van der Waals surface area contributed by atoms with Gasteiger partial charge in [0.05, 0.1) is 0 Å². The van der Waals surface area contributed by atoms with E-state index in [0.29, 0.717) is 16.4 Å². The third-order valence-electron chi connectivity index (χ3n) is 4.21. The summed E-state index contributed by atoms with van der Waals surface area (Å²) in [5, 5.41) is 0.671. The number of rotatable bonds is 5. The molecule has 0 saturated heterocycles. The van der Waals surface area contributed by atoms with Gasteiger partial charge in [-0.2, -0.15) is 8.42 Å². The maximum Gasteiger partial charge on any atom is 0.346 e. The first-order chi connectivity index (χ1) is 13.1. The molecule has 0 aliphatic rings. The van der Waals surface area contributed by atoms with Gasteiger partial charge in [0.15, 0.2) is 4.90 Å². The van der Waals surface area contributed by atoms with E-state index in [0.717, 1.165) is 22.7 Å². The molecule has 0 bridgehead atoms. The Morgan fingerprint density at radius 2 is 1.82 bits per heavy atom. The molecule has 0 saturated carbocycles. The fourth-order valence-corrected chi connectivity index (χ4v) is 3.94. The molecule has 28 heavy (non-hydrogen) atoms. The summed E-state index contributed by atoms with van der Waals surface area (Å²) in [5.74, 6) is -0.125. The van der Waals surface area contributed by atoms with E-state index < -0.39 is 31.9 Å². The zero-order valence-electron chi connectivity index (χ0n) is 15.5. The monoisotopic (exact) mass is 406 g/mol. The average Bonchev–Trinajstić information content (AvgIpc) is 2.62. The molecule has 9 nitrogen and oxygen atoms in total. The van der Waals surface area contributed by atoms with Crippen LogP contribution in [0.25, 0.3) is 11.0 Å². The van der Waals surface area contributed by atoms with Crippen molar-refractivity contribution >= 4 is 21.1 Å². The second-order valence-electron chi connectivity index (χ2n) is 6.29. The summed E-state index contributed by atoms with van der Waals surface area (Å²) in [4.78, 5) is 35.0. The highest BCUT2D eigenvalue weighted by Gasteiger charge is 2.24. The molecule has 0 fully saturated rings. The summed E-state index contributed by atoms with van der Waals surface area (Å²) in [6.07, 6.45) is 2.39. The van der Waals surface area contributed by atoms with Gasteiger partial charge in [-0.05, 0) is 24.1 Å². The van der Waals surface area contributed by atoms with Gasteiger partial charge in [0.2, 0.25) is 0 Å². The third-order valence-corrected chi connectivity index (χ3v) is 5.44. The van der Waals surface area contributed by atoms with Crippen molar-refractivity contribution in [1.82, 2.24) is 9.13 Å². The van der Waals surface area contributed by atoms with Crippen LogP contribution in [0.5, 0.6) is 5.75 Å². The Bertz CT molecular complexity index is 1350. The Kier molecular flexibility index (Phi) is 4.99. The maximum atomic E-state index is 12.6. The van der Waals surface area contributed by atoms with Crippen LogP contribution >= 0.6 is 0 Å². The van der Waals surface area contributed by atoms with Gasteiger partial charge in [-0.15, -0.1) is 0 Å². The molecular weight excluding hydrogens is 388 g/mol. The minimum Gasteiger partial charge on any atom is -0.423 e. The quantitative estimate of drug-likeness (QED) is 0.456. The molecule has 3 rings (SSSR count). The van der Waals surface area contributed by atoms with Crippen LogP contribution in [-0.2, 0) is 30.6 Å². The maximum absolute atomic E-state index is 12.6. The molecule has 0 aliphatic heterocycles. The van der Waals surface area contributed by atoms with Crippen molar-refractivity contribution < 1.29 is 17.0 Å². The van der Waals surface area contributed by atoms with Gasteiger partial charge >= 0.3 is 21.4 Å². The van der Waals surface area contributed by atoms with Crippen LogP contribution < -0.4 is 21.1 Å². The highest BCUT2D eigenvalue weighted by atomic mass is 32.2. The van der Waals surface area contributed by atoms with E-state index in [1.807, 2.05) is 6.92 Å². The van der Waals surface area contributed by atoms with E-state index in [9.17, 15) is 22.8 Å². The van der Waals surface area contributed by atoms with Crippen LogP contribution in [-0.4, -0.2) is 17.6 Å². The summed E-state index contributed by atoms with van der Waals surface area (Å²) >= 11 is 0. The number of fused-ring (bicyclic) bond motifs is 1. The van der Waals surface area contributed by atoms with Gasteiger partial charge in [0.1, 0.15) is 11.3 Å². The van der Waals surface area contributed by atoms with E-state index in [-0.39, 0.29) is 11.3 Å². The highest BCUT2D eigenvalue weighted by Crippen LogP contribution is 2.25. The lowest BCUT2D eigenvalue weighted by Crippen LogP contribution is -2.39. The number of aromatic nitrogens is 2. The molecular formula is C18H18N2O7S. The fourth-order valence-electron chi connectivity index (χ4n) is 2.86. The molecule has 0 amide bonds. The largest absolute Gasteiger partial charge is 0.423 e. The van der Waals surface area contributed by atoms with Crippen LogP contribution in [0.2, 0.25) is 0 Å². The van der Waals surface area contributed by atoms with Crippen LogP contribution in [0, 0.1) is 0 Å². The minimum atomic E-state index is -4.52. The first-order valence-electron chi connectivity index (χ1n) is 8.42.